The van der Waals surface area contributed by atoms with Crippen LogP contribution in [0.25, 0.3) is 0 Å². The van der Waals surface area contributed by atoms with Gasteiger partial charge in [-0.25, -0.2) is 0 Å². The quantitative estimate of drug-likeness (QED) is 0.116. The molecule has 4 nitrogen and oxygen atoms in total. The lowest BCUT2D eigenvalue weighted by molar-refractivity contribution is 0.267. The van der Waals surface area contributed by atoms with Crippen molar-refractivity contribution in [3.63, 3.8) is 0 Å². The molecule has 2 aliphatic rings. The fourth-order valence-electron chi connectivity index (χ4n) is 6.33. The van der Waals surface area contributed by atoms with E-state index in [9.17, 15) is 0 Å². The van der Waals surface area contributed by atoms with E-state index in [0.29, 0.717) is 25.0 Å². The first-order valence-corrected chi connectivity index (χ1v) is 15.8. The Morgan fingerprint density at radius 2 is 1.69 bits per heavy atom. The summed E-state index contributed by atoms with van der Waals surface area (Å²) in [6.07, 6.45) is 7.74. The van der Waals surface area contributed by atoms with E-state index in [0.717, 1.165) is 38.3 Å². The van der Waals surface area contributed by atoms with E-state index in [1.165, 1.54) is 33.5 Å². The van der Waals surface area contributed by atoms with E-state index < -0.39 is 0 Å². The van der Waals surface area contributed by atoms with Gasteiger partial charge in [-0.15, -0.1) is 0 Å². The molecule has 6 rings (SSSR count). The lowest BCUT2D eigenvalue weighted by Gasteiger charge is -2.37. The van der Waals surface area contributed by atoms with Crippen LogP contribution in [0.5, 0.6) is 11.5 Å². The predicted molar refractivity (Wildman–Crippen MR) is 182 cm³/mol. The third kappa shape index (κ3) is 6.12. The van der Waals surface area contributed by atoms with Crippen molar-refractivity contribution < 1.29 is 9.47 Å². The van der Waals surface area contributed by atoms with Crippen molar-refractivity contribution in [3.8, 4) is 11.5 Å². The second-order valence-corrected chi connectivity index (χ2v) is 12.6. The summed E-state index contributed by atoms with van der Waals surface area (Å²) in [6.45, 7) is 9.46. The summed E-state index contributed by atoms with van der Waals surface area (Å²) in [5.41, 5.74) is 10.8. The Morgan fingerprint density at radius 3 is 2.45 bits per heavy atom. The molecular formula is C37H37IN2O2. The summed E-state index contributed by atoms with van der Waals surface area (Å²) in [6, 6.07) is 26.3. The molecule has 42 heavy (non-hydrogen) atoms. The van der Waals surface area contributed by atoms with Crippen molar-refractivity contribution >= 4 is 40.2 Å². The van der Waals surface area contributed by atoms with E-state index in [2.05, 4.69) is 128 Å². The van der Waals surface area contributed by atoms with Gasteiger partial charge in [-0.1, -0.05) is 71.3 Å². The number of aryl methyl sites for hydroxylation is 3. The molecule has 0 amide bonds. The SMILES string of the molecule is CCOc1cc(C=Nc2ccc([C@@H]3Nc4ccc(C)cc4[C@H]4C=CC[C@H]43)cc2)cc(I)c1OCc1cc(C)cc(C)c1. The van der Waals surface area contributed by atoms with Gasteiger partial charge in [0.2, 0.25) is 0 Å². The maximum absolute atomic E-state index is 6.28. The number of benzene rings is 4. The van der Waals surface area contributed by atoms with Crippen LogP contribution in [0.1, 0.15) is 64.2 Å². The van der Waals surface area contributed by atoms with Crippen LogP contribution >= 0.6 is 22.6 Å². The molecule has 4 aromatic carbocycles. The number of nitrogens with one attached hydrogen (secondary N) is 1. The molecule has 0 saturated heterocycles. The summed E-state index contributed by atoms with van der Waals surface area (Å²) in [5, 5.41) is 3.84. The Balaban J connectivity index is 1.18. The number of hydrogen-bond donors (Lipinski definition) is 1. The zero-order chi connectivity index (χ0) is 29.2. The monoisotopic (exact) mass is 668 g/mol. The van der Waals surface area contributed by atoms with Crippen molar-refractivity contribution in [1.29, 1.82) is 0 Å². The number of nitrogens with zero attached hydrogens (tertiary/aromatic N) is 1. The van der Waals surface area contributed by atoms with Gasteiger partial charge < -0.3 is 14.8 Å². The van der Waals surface area contributed by atoms with E-state index in [1.54, 1.807) is 0 Å². The Labute approximate surface area is 263 Å². The maximum atomic E-state index is 6.28. The molecule has 1 heterocycles. The summed E-state index contributed by atoms with van der Waals surface area (Å²) in [5.74, 6) is 2.51. The van der Waals surface area contributed by atoms with Crippen molar-refractivity contribution in [2.45, 2.75) is 52.7 Å². The number of fused-ring (bicyclic) bond motifs is 3. The van der Waals surface area contributed by atoms with Crippen LogP contribution in [0.15, 0.2) is 89.9 Å². The Bertz CT molecular complexity index is 1640. The second kappa shape index (κ2) is 12.3. The molecule has 214 valence electrons. The molecule has 3 atom stereocenters. The number of ether oxygens (including phenoxy) is 2. The predicted octanol–water partition coefficient (Wildman–Crippen LogP) is 9.77. The van der Waals surface area contributed by atoms with Gasteiger partial charge in [0, 0.05) is 17.8 Å². The van der Waals surface area contributed by atoms with Crippen molar-refractivity contribution in [1.82, 2.24) is 0 Å². The highest BCUT2D eigenvalue weighted by atomic mass is 127. The van der Waals surface area contributed by atoms with Crippen LogP contribution in [-0.4, -0.2) is 12.8 Å². The first-order valence-electron chi connectivity index (χ1n) is 14.7. The van der Waals surface area contributed by atoms with Crippen LogP contribution < -0.4 is 14.8 Å². The molecule has 5 heteroatoms. The highest BCUT2D eigenvalue weighted by Crippen LogP contribution is 2.50. The summed E-state index contributed by atoms with van der Waals surface area (Å²) in [7, 11) is 0. The topological polar surface area (TPSA) is 42.8 Å². The average Bonchev–Trinajstić information content (AvgIpc) is 3.46. The highest BCUT2D eigenvalue weighted by molar-refractivity contribution is 14.1. The van der Waals surface area contributed by atoms with Crippen LogP contribution in [0.4, 0.5) is 11.4 Å². The Morgan fingerprint density at radius 1 is 0.905 bits per heavy atom. The molecule has 0 saturated carbocycles. The van der Waals surface area contributed by atoms with Crippen LogP contribution in [0.2, 0.25) is 0 Å². The Hall–Kier alpha value is -3.58. The van der Waals surface area contributed by atoms with Gasteiger partial charge >= 0.3 is 0 Å². The zero-order valence-electron chi connectivity index (χ0n) is 24.7. The summed E-state index contributed by atoms with van der Waals surface area (Å²) >= 11 is 2.33. The first kappa shape index (κ1) is 28.5. The minimum absolute atomic E-state index is 0.282. The van der Waals surface area contributed by atoms with Crippen LogP contribution in [0, 0.1) is 30.3 Å². The highest BCUT2D eigenvalue weighted by Gasteiger charge is 2.37. The molecule has 1 N–H and O–H groups in total. The summed E-state index contributed by atoms with van der Waals surface area (Å²) < 4.78 is 13.3. The van der Waals surface area contributed by atoms with Gasteiger partial charge in [0.1, 0.15) is 6.61 Å². The first-order chi connectivity index (χ1) is 20.4. The number of anilines is 1. The van der Waals surface area contributed by atoms with Crippen molar-refractivity contribution in [2.24, 2.45) is 10.9 Å². The van der Waals surface area contributed by atoms with Crippen molar-refractivity contribution in [2.75, 3.05) is 11.9 Å². The van der Waals surface area contributed by atoms with Gasteiger partial charge in [-0.05, 0) is 115 Å². The third-order valence-electron chi connectivity index (χ3n) is 8.13. The number of hydrogen-bond acceptors (Lipinski definition) is 4. The molecule has 0 unspecified atom stereocenters. The summed E-state index contributed by atoms with van der Waals surface area (Å²) in [4.78, 5) is 4.80. The number of allylic oxidation sites excluding steroid dienone is 2. The fourth-order valence-corrected chi connectivity index (χ4v) is 7.12. The minimum Gasteiger partial charge on any atom is -0.490 e. The Kier molecular flexibility index (Phi) is 8.38. The number of rotatable bonds is 8. The zero-order valence-corrected chi connectivity index (χ0v) is 26.8. The van der Waals surface area contributed by atoms with E-state index in [-0.39, 0.29) is 6.04 Å². The molecule has 0 aromatic heterocycles. The lowest BCUT2D eigenvalue weighted by atomic mass is 9.76. The van der Waals surface area contributed by atoms with E-state index in [1.807, 2.05) is 19.2 Å². The molecule has 1 aliphatic heterocycles. The van der Waals surface area contributed by atoms with Gasteiger partial charge in [0.25, 0.3) is 0 Å². The maximum Gasteiger partial charge on any atom is 0.175 e. The third-order valence-corrected chi connectivity index (χ3v) is 8.93. The second-order valence-electron chi connectivity index (χ2n) is 11.5. The molecule has 4 aromatic rings. The van der Waals surface area contributed by atoms with E-state index in [4.69, 9.17) is 14.5 Å². The largest absolute Gasteiger partial charge is 0.490 e. The van der Waals surface area contributed by atoms with E-state index >= 15 is 0 Å². The number of halogens is 1. The van der Waals surface area contributed by atoms with Crippen LogP contribution in [-0.2, 0) is 6.61 Å². The molecule has 0 radical (unpaired) electrons. The van der Waals surface area contributed by atoms with Gasteiger partial charge in [-0.3, -0.25) is 4.99 Å². The molecular weight excluding hydrogens is 631 g/mol. The lowest BCUT2D eigenvalue weighted by Crippen LogP contribution is -2.29. The van der Waals surface area contributed by atoms with Gasteiger partial charge in [0.15, 0.2) is 11.5 Å². The van der Waals surface area contributed by atoms with Crippen LogP contribution in [0.3, 0.4) is 0 Å². The minimum atomic E-state index is 0.282. The normalized spacial score (nSPS) is 18.9. The number of aliphatic imine (C=N–C) groups is 1. The molecule has 0 spiro atoms. The molecule has 0 fully saturated rings. The standard InChI is InChI=1S/C37H37IN2O2/c1-5-41-35-20-26(19-33(38)37(35)42-22-27-16-24(3)15-25(4)17-27)21-39-29-12-10-28(11-13-29)36-31-8-6-7-30(31)32-18-23(2)9-14-34(32)40-36/h6-7,9-21,30-31,36,40H,5,8,22H2,1-4H3/t30-,31+,36-/m0/s1. The smallest absolute Gasteiger partial charge is 0.175 e. The van der Waals surface area contributed by atoms with Gasteiger partial charge in [0.05, 0.1) is 21.9 Å². The molecule has 1 aliphatic carbocycles. The molecule has 0 bridgehead atoms. The van der Waals surface area contributed by atoms with Crippen molar-refractivity contribution in [3.05, 3.63) is 127 Å². The van der Waals surface area contributed by atoms with Gasteiger partial charge in [-0.2, -0.15) is 0 Å². The fraction of sp³-hybridized carbons (Fsp3) is 0.270. The average molecular weight is 669 g/mol.